The van der Waals surface area contributed by atoms with Crippen LogP contribution in [0.2, 0.25) is 0 Å². The van der Waals surface area contributed by atoms with Crippen LogP contribution in [0.15, 0.2) is 18.3 Å². The van der Waals surface area contributed by atoms with Crippen molar-refractivity contribution in [3.05, 3.63) is 24.0 Å². The van der Waals surface area contributed by atoms with Gasteiger partial charge in [-0.3, -0.25) is 4.57 Å². The van der Waals surface area contributed by atoms with Gasteiger partial charge in [-0.1, -0.05) is 30.6 Å². The summed E-state index contributed by atoms with van der Waals surface area (Å²) in [6.45, 7) is 7.14. The van der Waals surface area contributed by atoms with E-state index in [0.29, 0.717) is 6.04 Å². The number of nitrogens with one attached hydrogen (secondary N) is 1. The topological polar surface area (TPSA) is 46.0 Å². The second-order valence-corrected chi connectivity index (χ2v) is 7.06. The lowest BCUT2D eigenvalue weighted by Crippen LogP contribution is -2.31. The van der Waals surface area contributed by atoms with Crippen molar-refractivity contribution in [3.8, 4) is 5.13 Å². The largest absolute Gasteiger partial charge is 0.347 e. The van der Waals surface area contributed by atoms with E-state index < -0.39 is 0 Å². The molecule has 0 aliphatic heterocycles. The van der Waals surface area contributed by atoms with E-state index in [1.165, 1.54) is 37.8 Å². The predicted octanol–water partition coefficient (Wildman–Crippen LogP) is 3.60. The van der Waals surface area contributed by atoms with Gasteiger partial charge in [0.05, 0.1) is 0 Å². The van der Waals surface area contributed by atoms with Crippen LogP contribution in [0.1, 0.15) is 51.6 Å². The van der Waals surface area contributed by atoms with Crippen LogP contribution in [0.3, 0.4) is 0 Å². The standard InChI is InChI=1S/C17H27N5S/c1-3-21(4-2)16-19-20-17(23-16)22-12-8-11-15(22)13-18-14-9-6-5-7-10-14/h8,11-12,14,18H,3-7,9-10,13H2,1-2H3. The first-order valence-electron chi connectivity index (χ1n) is 8.80. The van der Waals surface area contributed by atoms with Crippen molar-refractivity contribution in [3.63, 3.8) is 0 Å². The van der Waals surface area contributed by atoms with Gasteiger partial charge in [-0.15, -0.1) is 10.2 Å². The fourth-order valence-electron chi connectivity index (χ4n) is 3.23. The average molecular weight is 334 g/mol. The van der Waals surface area contributed by atoms with Crippen molar-refractivity contribution in [1.82, 2.24) is 20.1 Å². The predicted molar refractivity (Wildman–Crippen MR) is 96.5 cm³/mol. The highest BCUT2D eigenvalue weighted by molar-refractivity contribution is 7.17. The van der Waals surface area contributed by atoms with E-state index in [0.717, 1.165) is 29.9 Å². The molecule has 0 amide bonds. The van der Waals surface area contributed by atoms with Gasteiger partial charge in [-0.05, 0) is 38.8 Å². The van der Waals surface area contributed by atoms with E-state index in [2.05, 4.69) is 57.2 Å². The Bertz CT molecular complexity index is 596. The molecule has 0 radical (unpaired) electrons. The third-order valence-electron chi connectivity index (χ3n) is 4.65. The van der Waals surface area contributed by atoms with Crippen molar-refractivity contribution >= 4 is 16.5 Å². The average Bonchev–Trinajstić information content (AvgIpc) is 3.24. The molecule has 126 valence electrons. The maximum absolute atomic E-state index is 4.39. The molecule has 6 heteroatoms. The zero-order valence-electron chi connectivity index (χ0n) is 14.2. The Morgan fingerprint density at radius 1 is 1.22 bits per heavy atom. The van der Waals surface area contributed by atoms with E-state index in [4.69, 9.17) is 0 Å². The number of hydrogen-bond acceptors (Lipinski definition) is 5. The molecule has 1 fully saturated rings. The zero-order chi connectivity index (χ0) is 16.1. The minimum atomic E-state index is 0.674. The van der Waals surface area contributed by atoms with Crippen molar-refractivity contribution in [2.45, 2.75) is 58.5 Å². The third kappa shape index (κ3) is 3.93. The summed E-state index contributed by atoms with van der Waals surface area (Å²) in [6.07, 6.45) is 8.83. The molecule has 23 heavy (non-hydrogen) atoms. The van der Waals surface area contributed by atoms with Gasteiger partial charge >= 0.3 is 0 Å². The van der Waals surface area contributed by atoms with E-state index >= 15 is 0 Å². The molecular formula is C17H27N5S. The number of hydrogen-bond donors (Lipinski definition) is 1. The van der Waals surface area contributed by atoms with Crippen molar-refractivity contribution in [2.75, 3.05) is 18.0 Å². The van der Waals surface area contributed by atoms with Gasteiger partial charge < -0.3 is 10.2 Å². The second kappa shape index (κ2) is 7.93. The first kappa shape index (κ1) is 16.5. The monoisotopic (exact) mass is 333 g/mol. The Kier molecular flexibility index (Phi) is 5.67. The van der Waals surface area contributed by atoms with Crippen molar-refractivity contribution < 1.29 is 0 Å². The Morgan fingerprint density at radius 2 is 2.00 bits per heavy atom. The van der Waals surface area contributed by atoms with Crippen LogP contribution in [0.4, 0.5) is 5.13 Å². The summed E-state index contributed by atoms with van der Waals surface area (Å²) in [6, 6.07) is 4.94. The maximum Gasteiger partial charge on any atom is 0.218 e. The van der Waals surface area contributed by atoms with Crippen LogP contribution < -0.4 is 10.2 Å². The van der Waals surface area contributed by atoms with E-state index in [1.54, 1.807) is 11.3 Å². The molecule has 2 heterocycles. The van der Waals surface area contributed by atoms with Gasteiger partial charge in [-0.25, -0.2) is 0 Å². The molecule has 1 aliphatic rings. The maximum atomic E-state index is 4.39. The minimum Gasteiger partial charge on any atom is -0.347 e. The molecule has 0 unspecified atom stereocenters. The van der Waals surface area contributed by atoms with Crippen LogP contribution >= 0.6 is 11.3 Å². The molecule has 2 aromatic heterocycles. The molecule has 0 aromatic carbocycles. The Hall–Kier alpha value is -1.40. The van der Waals surface area contributed by atoms with Crippen LogP contribution in [-0.4, -0.2) is 33.9 Å². The van der Waals surface area contributed by atoms with Crippen LogP contribution in [0, 0.1) is 0 Å². The van der Waals surface area contributed by atoms with Gasteiger partial charge in [-0.2, -0.15) is 0 Å². The first-order chi connectivity index (χ1) is 11.3. The van der Waals surface area contributed by atoms with Crippen molar-refractivity contribution in [2.24, 2.45) is 0 Å². The van der Waals surface area contributed by atoms with Crippen LogP contribution in [-0.2, 0) is 6.54 Å². The normalized spacial score (nSPS) is 15.9. The molecule has 0 saturated heterocycles. The van der Waals surface area contributed by atoms with Gasteiger partial charge in [0.2, 0.25) is 10.3 Å². The van der Waals surface area contributed by atoms with Crippen molar-refractivity contribution in [1.29, 1.82) is 0 Å². The highest BCUT2D eigenvalue weighted by Crippen LogP contribution is 2.24. The first-order valence-corrected chi connectivity index (χ1v) is 9.62. The van der Waals surface area contributed by atoms with Gasteiger partial charge in [0.1, 0.15) is 0 Å². The van der Waals surface area contributed by atoms with Gasteiger partial charge in [0, 0.05) is 37.6 Å². The minimum absolute atomic E-state index is 0.674. The number of rotatable bonds is 7. The molecule has 0 atom stereocenters. The summed E-state index contributed by atoms with van der Waals surface area (Å²) >= 11 is 1.66. The molecule has 3 rings (SSSR count). The third-order valence-corrected chi connectivity index (χ3v) is 5.64. The Morgan fingerprint density at radius 3 is 2.74 bits per heavy atom. The summed E-state index contributed by atoms with van der Waals surface area (Å²) < 4.78 is 2.17. The second-order valence-electron chi connectivity index (χ2n) is 6.12. The van der Waals surface area contributed by atoms with Crippen LogP contribution in [0.5, 0.6) is 0 Å². The summed E-state index contributed by atoms with van der Waals surface area (Å²) in [5.41, 5.74) is 1.26. The summed E-state index contributed by atoms with van der Waals surface area (Å²) in [5, 5.41) is 14.4. The fraction of sp³-hybridized carbons (Fsp3) is 0.647. The van der Waals surface area contributed by atoms with E-state index in [9.17, 15) is 0 Å². The summed E-state index contributed by atoms with van der Waals surface area (Å²) in [7, 11) is 0. The number of nitrogens with zero attached hydrogens (tertiary/aromatic N) is 4. The molecule has 5 nitrogen and oxygen atoms in total. The Labute approximate surface area is 142 Å². The molecule has 0 bridgehead atoms. The highest BCUT2D eigenvalue weighted by Gasteiger charge is 2.15. The van der Waals surface area contributed by atoms with E-state index in [1.807, 2.05) is 0 Å². The lowest BCUT2D eigenvalue weighted by atomic mass is 9.95. The SMILES string of the molecule is CCN(CC)c1nnc(-n2cccc2CNC2CCCCC2)s1. The number of aromatic nitrogens is 3. The summed E-state index contributed by atoms with van der Waals surface area (Å²) in [4.78, 5) is 2.24. The Balaban J connectivity index is 1.68. The lowest BCUT2D eigenvalue weighted by Gasteiger charge is -2.23. The molecule has 1 N–H and O–H groups in total. The highest BCUT2D eigenvalue weighted by atomic mass is 32.1. The molecule has 1 saturated carbocycles. The fourth-order valence-corrected chi connectivity index (χ4v) is 4.22. The van der Waals surface area contributed by atoms with E-state index in [-0.39, 0.29) is 0 Å². The number of anilines is 1. The van der Waals surface area contributed by atoms with Crippen LogP contribution in [0.25, 0.3) is 5.13 Å². The molecule has 1 aliphatic carbocycles. The quantitative estimate of drug-likeness (QED) is 0.841. The smallest absolute Gasteiger partial charge is 0.218 e. The van der Waals surface area contributed by atoms with Gasteiger partial charge in [0.15, 0.2) is 0 Å². The molecule has 0 spiro atoms. The zero-order valence-corrected chi connectivity index (χ0v) is 15.0. The molecule has 2 aromatic rings. The van der Waals surface area contributed by atoms with Gasteiger partial charge in [0.25, 0.3) is 0 Å². The molecular weight excluding hydrogens is 306 g/mol. The summed E-state index contributed by atoms with van der Waals surface area (Å²) in [5.74, 6) is 0. The lowest BCUT2D eigenvalue weighted by molar-refractivity contribution is 0.370.